The first-order valence-corrected chi connectivity index (χ1v) is 10.0. The van der Waals surface area contributed by atoms with E-state index in [2.05, 4.69) is 5.32 Å². The molecule has 1 amide bonds. The summed E-state index contributed by atoms with van der Waals surface area (Å²) in [7, 11) is -4.30. The van der Waals surface area contributed by atoms with Crippen LogP contribution in [0.25, 0.3) is 0 Å². The summed E-state index contributed by atoms with van der Waals surface area (Å²) in [5.41, 5.74) is -1.83. The van der Waals surface area contributed by atoms with E-state index in [1.165, 1.54) is 12.1 Å². The average molecular weight is 456 g/mol. The van der Waals surface area contributed by atoms with Crippen LogP contribution in [0.2, 0.25) is 0 Å². The van der Waals surface area contributed by atoms with Crippen LogP contribution in [-0.2, 0) is 16.2 Å². The maximum absolute atomic E-state index is 13.7. The third-order valence-electron chi connectivity index (χ3n) is 4.02. The van der Waals surface area contributed by atoms with Gasteiger partial charge in [-0.25, -0.2) is 17.2 Å². The van der Waals surface area contributed by atoms with Gasteiger partial charge < -0.3 is 5.32 Å². The lowest BCUT2D eigenvalue weighted by atomic mass is 10.2. The van der Waals surface area contributed by atoms with Gasteiger partial charge in [0.1, 0.15) is 11.6 Å². The highest BCUT2D eigenvalue weighted by Gasteiger charge is 2.30. The van der Waals surface area contributed by atoms with E-state index >= 15 is 0 Å². The van der Waals surface area contributed by atoms with Crippen molar-refractivity contribution in [2.24, 2.45) is 0 Å². The molecule has 5 nitrogen and oxygen atoms in total. The Bertz CT molecular complexity index is 1240. The first-order valence-electron chi connectivity index (χ1n) is 8.52. The van der Waals surface area contributed by atoms with Crippen molar-refractivity contribution in [2.45, 2.75) is 11.1 Å². The van der Waals surface area contributed by atoms with E-state index in [1.54, 1.807) is 0 Å². The number of amides is 1. The van der Waals surface area contributed by atoms with Gasteiger partial charge in [0.05, 0.1) is 16.0 Å². The smallest absolute Gasteiger partial charge is 0.322 e. The van der Waals surface area contributed by atoms with E-state index in [-0.39, 0.29) is 16.3 Å². The molecule has 0 radical (unpaired) electrons. The maximum Gasteiger partial charge on any atom is 0.416 e. The Kier molecular flexibility index (Phi) is 5.98. The zero-order valence-electron chi connectivity index (χ0n) is 15.4. The van der Waals surface area contributed by atoms with Crippen molar-refractivity contribution in [3.8, 4) is 0 Å². The van der Waals surface area contributed by atoms with E-state index in [0.29, 0.717) is 12.1 Å². The van der Waals surface area contributed by atoms with Gasteiger partial charge in [0.25, 0.3) is 15.9 Å². The van der Waals surface area contributed by atoms with Crippen molar-refractivity contribution in [3.63, 3.8) is 0 Å². The van der Waals surface area contributed by atoms with Crippen molar-refractivity contribution < 1.29 is 35.2 Å². The first kappa shape index (κ1) is 22.2. The van der Waals surface area contributed by atoms with Crippen molar-refractivity contribution in [3.05, 3.63) is 89.5 Å². The summed E-state index contributed by atoms with van der Waals surface area (Å²) < 4.78 is 92.3. The molecule has 0 fully saturated rings. The zero-order valence-corrected chi connectivity index (χ0v) is 16.2. The van der Waals surface area contributed by atoms with E-state index in [0.717, 1.165) is 42.5 Å². The molecule has 0 saturated carbocycles. The molecule has 0 heterocycles. The summed E-state index contributed by atoms with van der Waals surface area (Å²) >= 11 is 0. The second kappa shape index (κ2) is 8.34. The number of nitrogens with one attached hydrogen (secondary N) is 2. The number of halogens is 5. The van der Waals surface area contributed by atoms with Crippen molar-refractivity contribution in [1.82, 2.24) is 0 Å². The fourth-order valence-electron chi connectivity index (χ4n) is 2.59. The van der Waals surface area contributed by atoms with Gasteiger partial charge in [-0.15, -0.1) is 0 Å². The second-order valence-corrected chi connectivity index (χ2v) is 7.97. The largest absolute Gasteiger partial charge is 0.416 e. The topological polar surface area (TPSA) is 75.3 Å². The predicted octanol–water partition coefficient (Wildman–Crippen LogP) is 5.04. The minimum Gasteiger partial charge on any atom is -0.322 e. The van der Waals surface area contributed by atoms with Gasteiger partial charge in [0, 0.05) is 17.4 Å². The maximum atomic E-state index is 13.7. The Hall–Kier alpha value is -3.47. The summed E-state index contributed by atoms with van der Waals surface area (Å²) in [6.07, 6.45) is -4.65. The number of benzene rings is 3. The van der Waals surface area contributed by atoms with Crippen LogP contribution in [-0.4, -0.2) is 14.3 Å². The summed E-state index contributed by atoms with van der Waals surface area (Å²) in [5, 5.41) is 2.28. The number of hydrogen-bond acceptors (Lipinski definition) is 3. The summed E-state index contributed by atoms with van der Waals surface area (Å²) in [4.78, 5) is 11.8. The number of sulfonamides is 1. The van der Waals surface area contributed by atoms with Crippen LogP contribution < -0.4 is 10.0 Å². The fourth-order valence-corrected chi connectivity index (χ4v) is 3.68. The van der Waals surface area contributed by atoms with Gasteiger partial charge in [-0.05, 0) is 48.5 Å². The molecule has 0 bridgehead atoms. The molecule has 0 atom stereocenters. The van der Waals surface area contributed by atoms with E-state index in [9.17, 15) is 35.2 Å². The predicted molar refractivity (Wildman–Crippen MR) is 103 cm³/mol. The molecular weight excluding hydrogens is 443 g/mol. The molecule has 3 aromatic carbocycles. The molecule has 0 aliphatic heterocycles. The number of carbonyl (C=O) groups is 1. The van der Waals surface area contributed by atoms with Crippen molar-refractivity contribution >= 4 is 27.3 Å². The molecule has 3 rings (SSSR count). The number of rotatable bonds is 5. The van der Waals surface area contributed by atoms with Gasteiger partial charge in [0.15, 0.2) is 0 Å². The Morgan fingerprint density at radius 2 is 1.52 bits per heavy atom. The highest BCUT2D eigenvalue weighted by Crippen LogP contribution is 2.31. The third-order valence-corrected chi connectivity index (χ3v) is 5.40. The molecule has 0 aromatic heterocycles. The lowest BCUT2D eigenvalue weighted by Gasteiger charge is -2.12. The molecule has 11 heteroatoms. The van der Waals surface area contributed by atoms with Crippen molar-refractivity contribution in [2.75, 3.05) is 10.0 Å². The molecular formula is C20H13F5N2O3S. The molecule has 0 saturated heterocycles. The van der Waals surface area contributed by atoms with Gasteiger partial charge in [-0.2, -0.15) is 13.2 Å². The van der Waals surface area contributed by atoms with Gasteiger partial charge in [-0.1, -0.05) is 12.1 Å². The highest BCUT2D eigenvalue weighted by molar-refractivity contribution is 7.92. The molecule has 0 aliphatic rings. The molecule has 162 valence electrons. The summed E-state index contributed by atoms with van der Waals surface area (Å²) in [5.74, 6) is -2.92. The second-order valence-electron chi connectivity index (χ2n) is 6.29. The standard InChI is InChI=1S/C20H13F5N2O3S/c21-13-7-8-17(18(22)10-13)19(28)26-14-4-2-6-16(11-14)31(29,30)27-15-5-1-3-12(9-15)20(23,24)25/h1-11,27H,(H,26,28). The molecule has 0 aliphatic carbocycles. The Morgan fingerprint density at radius 3 is 2.19 bits per heavy atom. The van der Waals surface area contributed by atoms with Crippen LogP contribution >= 0.6 is 0 Å². The molecule has 2 N–H and O–H groups in total. The van der Waals surface area contributed by atoms with Crippen LogP contribution in [0.5, 0.6) is 0 Å². The highest BCUT2D eigenvalue weighted by atomic mass is 32.2. The van der Waals surface area contributed by atoms with Crippen LogP contribution in [0.3, 0.4) is 0 Å². The molecule has 3 aromatic rings. The lowest BCUT2D eigenvalue weighted by Crippen LogP contribution is -2.16. The van der Waals surface area contributed by atoms with Crippen LogP contribution in [0.15, 0.2) is 71.6 Å². The number of hydrogen-bond donors (Lipinski definition) is 2. The first-order chi connectivity index (χ1) is 14.5. The monoisotopic (exact) mass is 456 g/mol. The minimum atomic E-state index is -4.65. The van der Waals surface area contributed by atoms with E-state index in [4.69, 9.17) is 0 Å². The molecule has 31 heavy (non-hydrogen) atoms. The Labute approximate surface area is 173 Å². The number of alkyl halides is 3. The van der Waals surface area contributed by atoms with Gasteiger partial charge in [-0.3, -0.25) is 9.52 Å². The SMILES string of the molecule is O=C(Nc1cccc(S(=O)(=O)Nc2cccc(C(F)(F)F)c2)c1)c1ccc(F)cc1F. The normalized spacial score (nSPS) is 11.8. The van der Waals surface area contributed by atoms with Crippen LogP contribution in [0.1, 0.15) is 15.9 Å². The van der Waals surface area contributed by atoms with Gasteiger partial charge >= 0.3 is 6.18 Å². The van der Waals surface area contributed by atoms with E-state index in [1.807, 2.05) is 4.72 Å². The molecule has 0 spiro atoms. The minimum absolute atomic E-state index is 0.0272. The Morgan fingerprint density at radius 1 is 0.839 bits per heavy atom. The van der Waals surface area contributed by atoms with Crippen LogP contribution in [0.4, 0.5) is 33.3 Å². The Balaban J connectivity index is 1.82. The van der Waals surface area contributed by atoms with Crippen molar-refractivity contribution in [1.29, 1.82) is 0 Å². The van der Waals surface area contributed by atoms with E-state index < -0.39 is 44.9 Å². The van der Waals surface area contributed by atoms with Gasteiger partial charge in [0.2, 0.25) is 0 Å². The number of anilines is 2. The summed E-state index contributed by atoms with van der Waals surface area (Å²) in [6, 6.07) is 10.8. The zero-order chi connectivity index (χ0) is 22.8. The molecule has 0 unspecified atom stereocenters. The fraction of sp³-hybridized carbons (Fsp3) is 0.0500. The average Bonchev–Trinajstić information content (AvgIpc) is 2.67. The number of carbonyl (C=O) groups excluding carboxylic acids is 1. The van der Waals surface area contributed by atoms with Crippen LogP contribution in [0, 0.1) is 11.6 Å². The summed E-state index contributed by atoms with van der Waals surface area (Å²) in [6.45, 7) is 0. The lowest BCUT2D eigenvalue weighted by molar-refractivity contribution is -0.137. The quantitative estimate of drug-likeness (QED) is 0.529. The third kappa shape index (κ3) is 5.37.